The smallest absolute Gasteiger partial charge is 0.303 e. The van der Waals surface area contributed by atoms with E-state index in [1.807, 2.05) is 12.1 Å². The van der Waals surface area contributed by atoms with Gasteiger partial charge in [0.25, 0.3) is 5.91 Å². The van der Waals surface area contributed by atoms with Crippen LogP contribution in [0.25, 0.3) is 0 Å². The number of carboxylic acid groups (broad SMARTS) is 1. The highest BCUT2D eigenvalue weighted by molar-refractivity contribution is 6.91. The first-order valence-corrected chi connectivity index (χ1v) is 16.6. The van der Waals surface area contributed by atoms with Gasteiger partial charge in [0.1, 0.15) is 0 Å². The summed E-state index contributed by atoms with van der Waals surface area (Å²) < 4.78 is 0. The Labute approximate surface area is 170 Å². The Kier molecular flexibility index (Phi) is 6.67. The van der Waals surface area contributed by atoms with Crippen LogP contribution < -0.4 is 15.7 Å². The zero-order chi connectivity index (χ0) is 21.1. The van der Waals surface area contributed by atoms with Crippen LogP contribution in [-0.4, -0.2) is 33.1 Å². The lowest BCUT2D eigenvalue weighted by Gasteiger charge is -2.24. The SMILES string of the molecule is C[Si](C)(C)c1cc(NC(=O)c2ccc(CCC(=O)O)cc2)cc([Si](C)(C)C)c1. The lowest BCUT2D eigenvalue weighted by Crippen LogP contribution is -2.45. The second kappa shape index (κ2) is 8.45. The standard InChI is InChI=1S/C22H31NO3Si2/c1-27(2,3)19-13-18(14-20(15-19)28(4,5)6)23-22(26)17-10-7-16(8-11-17)9-12-21(24)25/h7-8,10-11,13-15H,9,12H2,1-6H3,(H,23,26)(H,24,25). The Balaban J connectivity index is 2.24. The first kappa shape index (κ1) is 22.1. The molecule has 28 heavy (non-hydrogen) atoms. The summed E-state index contributed by atoms with van der Waals surface area (Å²) in [6.07, 6.45) is 0.559. The summed E-state index contributed by atoms with van der Waals surface area (Å²) in [5.41, 5.74) is 2.35. The van der Waals surface area contributed by atoms with Gasteiger partial charge >= 0.3 is 5.97 Å². The third-order valence-electron chi connectivity index (χ3n) is 4.77. The number of benzene rings is 2. The molecule has 0 aromatic heterocycles. The fourth-order valence-electron chi connectivity index (χ4n) is 2.84. The van der Waals surface area contributed by atoms with Gasteiger partial charge in [0, 0.05) is 17.7 Å². The summed E-state index contributed by atoms with van der Waals surface area (Å²) in [7, 11) is -3.02. The second-order valence-corrected chi connectivity index (χ2v) is 19.5. The molecule has 0 unspecified atom stereocenters. The number of carbonyl (C=O) groups excluding carboxylic acids is 1. The summed E-state index contributed by atoms with van der Waals surface area (Å²) in [5.74, 6) is -0.957. The van der Waals surface area contributed by atoms with Crippen molar-refractivity contribution in [2.75, 3.05) is 5.32 Å². The van der Waals surface area contributed by atoms with Gasteiger partial charge in [0.15, 0.2) is 0 Å². The topological polar surface area (TPSA) is 66.4 Å². The number of aryl methyl sites for hydroxylation is 1. The van der Waals surface area contributed by atoms with Crippen LogP contribution >= 0.6 is 0 Å². The molecule has 0 spiro atoms. The van der Waals surface area contributed by atoms with Crippen LogP contribution in [0.5, 0.6) is 0 Å². The Morgan fingerprint density at radius 3 is 1.79 bits per heavy atom. The highest BCUT2D eigenvalue weighted by Crippen LogP contribution is 2.14. The quantitative estimate of drug-likeness (QED) is 0.673. The fraction of sp³-hybridized carbons (Fsp3) is 0.364. The van der Waals surface area contributed by atoms with E-state index >= 15 is 0 Å². The predicted octanol–water partition coefficient (Wildman–Crippen LogP) is 4.05. The van der Waals surface area contributed by atoms with Gasteiger partial charge in [0.2, 0.25) is 0 Å². The van der Waals surface area contributed by atoms with E-state index in [-0.39, 0.29) is 12.3 Å². The van der Waals surface area contributed by atoms with Gasteiger partial charge in [-0.15, -0.1) is 0 Å². The van der Waals surface area contributed by atoms with Crippen LogP contribution in [0.4, 0.5) is 5.69 Å². The van der Waals surface area contributed by atoms with Crippen LogP contribution in [0, 0.1) is 0 Å². The van der Waals surface area contributed by atoms with Crippen LogP contribution in [0.2, 0.25) is 39.3 Å². The third-order valence-corrected chi connectivity index (χ3v) is 8.81. The normalized spacial score (nSPS) is 11.9. The van der Waals surface area contributed by atoms with Gasteiger partial charge in [0.05, 0.1) is 16.1 Å². The van der Waals surface area contributed by atoms with Crippen molar-refractivity contribution in [3.63, 3.8) is 0 Å². The average Bonchev–Trinajstić information content (AvgIpc) is 2.58. The van der Waals surface area contributed by atoms with Crippen molar-refractivity contribution >= 4 is 44.1 Å². The molecule has 2 N–H and O–H groups in total. The molecule has 4 nitrogen and oxygen atoms in total. The zero-order valence-corrected chi connectivity index (χ0v) is 19.7. The Morgan fingerprint density at radius 2 is 1.36 bits per heavy atom. The van der Waals surface area contributed by atoms with E-state index < -0.39 is 22.1 Å². The molecular weight excluding hydrogens is 382 g/mol. The molecule has 0 saturated heterocycles. The number of rotatable bonds is 7. The molecule has 150 valence electrons. The minimum absolute atomic E-state index is 0.0918. The molecule has 0 aliphatic heterocycles. The molecule has 0 aliphatic rings. The molecular formula is C22H31NO3Si2. The molecule has 2 aromatic rings. The highest BCUT2D eigenvalue weighted by Gasteiger charge is 2.23. The van der Waals surface area contributed by atoms with Crippen LogP contribution in [-0.2, 0) is 11.2 Å². The maximum Gasteiger partial charge on any atom is 0.303 e. The van der Waals surface area contributed by atoms with Crippen molar-refractivity contribution in [3.05, 3.63) is 53.6 Å². The maximum atomic E-state index is 12.7. The number of hydrogen-bond acceptors (Lipinski definition) is 2. The molecule has 0 aliphatic carbocycles. The number of carboxylic acids is 1. The van der Waals surface area contributed by atoms with E-state index in [4.69, 9.17) is 5.11 Å². The molecule has 2 rings (SSSR count). The molecule has 0 radical (unpaired) electrons. The van der Waals surface area contributed by atoms with Crippen LogP contribution in [0.1, 0.15) is 22.3 Å². The average molecular weight is 414 g/mol. The van der Waals surface area contributed by atoms with Gasteiger partial charge in [-0.1, -0.05) is 67.9 Å². The van der Waals surface area contributed by atoms with E-state index in [1.165, 1.54) is 10.4 Å². The highest BCUT2D eigenvalue weighted by atomic mass is 28.3. The van der Waals surface area contributed by atoms with Crippen molar-refractivity contribution in [1.29, 1.82) is 0 Å². The molecule has 1 amide bonds. The predicted molar refractivity (Wildman–Crippen MR) is 123 cm³/mol. The van der Waals surface area contributed by atoms with E-state index in [1.54, 1.807) is 12.1 Å². The number of anilines is 1. The van der Waals surface area contributed by atoms with E-state index in [9.17, 15) is 9.59 Å². The maximum absolute atomic E-state index is 12.7. The third kappa shape index (κ3) is 6.17. The number of amides is 1. The minimum atomic E-state index is -1.51. The van der Waals surface area contributed by atoms with Crippen molar-refractivity contribution in [2.24, 2.45) is 0 Å². The molecule has 6 heteroatoms. The van der Waals surface area contributed by atoms with Gasteiger partial charge in [-0.3, -0.25) is 9.59 Å². The van der Waals surface area contributed by atoms with Gasteiger partial charge < -0.3 is 10.4 Å². The summed E-state index contributed by atoms with van der Waals surface area (Å²) in [6.45, 7) is 13.9. The van der Waals surface area contributed by atoms with Gasteiger partial charge in [-0.05, 0) is 36.2 Å². The van der Waals surface area contributed by atoms with Crippen molar-refractivity contribution in [1.82, 2.24) is 0 Å². The zero-order valence-electron chi connectivity index (χ0n) is 17.7. The Hall–Kier alpha value is -2.19. The first-order chi connectivity index (χ1) is 12.9. The molecule has 0 bridgehead atoms. The fourth-order valence-corrected chi connectivity index (χ4v) is 5.34. The monoisotopic (exact) mass is 413 g/mol. The summed E-state index contributed by atoms with van der Waals surface area (Å²) in [6, 6.07) is 13.7. The largest absolute Gasteiger partial charge is 0.481 e. The Morgan fingerprint density at radius 1 is 0.857 bits per heavy atom. The van der Waals surface area contributed by atoms with E-state index in [0.29, 0.717) is 12.0 Å². The van der Waals surface area contributed by atoms with Crippen LogP contribution in [0.3, 0.4) is 0 Å². The lowest BCUT2D eigenvalue weighted by atomic mass is 10.1. The minimum Gasteiger partial charge on any atom is -0.481 e. The molecule has 0 atom stereocenters. The van der Waals surface area contributed by atoms with Crippen molar-refractivity contribution < 1.29 is 14.7 Å². The number of hydrogen-bond donors (Lipinski definition) is 2. The van der Waals surface area contributed by atoms with Crippen LogP contribution in [0.15, 0.2) is 42.5 Å². The van der Waals surface area contributed by atoms with Gasteiger partial charge in [-0.25, -0.2) is 0 Å². The lowest BCUT2D eigenvalue weighted by molar-refractivity contribution is -0.136. The number of nitrogens with one attached hydrogen (secondary N) is 1. The van der Waals surface area contributed by atoms with E-state index in [2.05, 4.69) is 62.8 Å². The first-order valence-electron chi connectivity index (χ1n) is 9.64. The molecule has 0 heterocycles. The summed E-state index contributed by atoms with van der Waals surface area (Å²) in [5, 5.41) is 14.6. The second-order valence-electron chi connectivity index (χ2n) is 9.34. The number of carbonyl (C=O) groups is 2. The molecule has 0 fully saturated rings. The summed E-state index contributed by atoms with van der Waals surface area (Å²) >= 11 is 0. The molecule has 2 aromatic carbocycles. The summed E-state index contributed by atoms with van der Waals surface area (Å²) in [4.78, 5) is 23.4. The van der Waals surface area contributed by atoms with E-state index in [0.717, 1.165) is 11.3 Å². The molecule has 0 saturated carbocycles. The van der Waals surface area contributed by atoms with Crippen molar-refractivity contribution in [2.45, 2.75) is 52.1 Å². The number of aliphatic carboxylic acids is 1. The van der Waals surface area contributed by atoms with Gasteiger partial charge in [-0.2, -0.15) is 0 Å². The van der Waals surface area contributed by atoms with Crippen molar-refractivity contribution in [3.8, 4) is 0 Å². The Bertz CT molecular complexity index is 831.